The number of hydrogen-bond donors (Lipinski definition) is 0. The van der Waals surface area contributed by atoms with E-state index in [2.05, 4.69) is 124 Å². The maximum absolute atomic E-state index is 2.51. The van der Waals surface area contributed by atoms with Crippen LogP contribution in [0.4, 0.5) is 0 Å². The smallest absolute Gasteiger partial charge is 0.0184 e. The maximum atomic E-state index is 2.51. The van der Waals surface area contributed by atoms with Crippen LogP contribution in [-0.4, -0.2) is 5.80 Å². The lowest BCUT2D eigenvalue weighted by atomic mass is 9.60. The highest BCUT2D eigenvalue weighted by atomic mass is 31.1. The minimum Gasteiger partial charge on any atom is -0.0847 e. The van der Waals surface area contributed by atoms with Crippen LogP contribution < -0.4 is 0 Å². The first kappa shape index (κ1) is 22.9. The molecule has 0 nitrogen and oxygen atoms in total. The van der Waals surface area contributed by atoms with Gasteiger partial charge >= 0.3 is 0 Å². The normalized spacial score (nSPS) is 32.4. The summed E-state index contributed by atoms with van der Waals surface area (Å²) in [4.78, 5) is 0. The van der Waals surface area contributed by atoms with Gasteiger partial charge in [-0.1, -0.05) is 129 Å². The third-order valence-electron chi connectivity index (χ3n) is 7.42. The summed E-state index contributed by atoms with van der Waals surface area (Å²) >= 11 is 0. The second-order valence-electron chi connectivity index (χ2n) is 9.49. The number of hydrogen-bond acceptors (Lipinski definition) is 0. The summed E-state index contributed by atoms with van der Waals surface area (Å²) < 4.78 is 0. The number of allylic oxidation sites excluding steroid dienone is 19. The van der Waals surface area contributed by atoms with Gasteiger partial charge in [0.1, 0.15) is 0 Å². The van der Waals surface area contributed by atoms with Gasteiger partial charge in [0.15, 0.2) is 0 Å². The van der Waals surface area contributed by atoms with Crippen molar-refractivity contribution in [3.8, 4) is 0 Å². The lowest BCUT2D eigenvalue weighted by Gasteiger charge is -2.49. The molecule has 0 bridgehead atoms. The van der Waals surface area contributed by atoms with Crippen molar-refractivity contribution < 1.29 is 0 Å². The fourth-order valence-electron chi connectivity index (χ4n) is 5.59. The van der Waals surface area contributed by atoms with Gasteiger partial charge in [-0.15, -0.1) is 0 Å². The van der Waals surface area contributed by atoms with Gasteiger partial charge in [-0.2, -0.15) is 0 Å². The molecule has 0 aromatic heterocycles. The zero-order valence-corrected chi connectivity index (χ0v) is 21.0. The molecule has 0 aromatic rings. The van der Waals surface area contributed by atoms with Crippen molar-refractivity contribution in [1.29, 1.82) is 0 Å². The molecule has 0 saturated carbocycles. The molecular formula is C31H37P. The molecule has 0 amide bonds. The van der Waals surface area contributed by atoms with Crippen LogP contribution in [0.1, 0.15) is 47.0 Å². The van der Waals surface area contributed by atoms with E-state index in [1.165, 1.54) is 5.57 Å². The van der Waals surface area contributed by atoms with Gasteiger partial charge in [-0.05, 0) is 55.5 Å². The Balaban J connectivity index is 1.88. The topological polar surface area (TPSA) is 0 Å². The Morgan fingerprint density at radius 2 is 1.91 bits per heavy atom. The van der Waals surface area contributed by atoms with Gasteiger partial charge < -0.3 is 0 Å². The van der Waals surface area contributed by atoms with Crippen molar-refractivity contribution in [2.24, 2.45) is 17.3 Å². The van der Waals surface area contributed by atoms with Crippen molar-refractivity contribution in [2.45, 2.75) is 47.0 Å². The average molecular weight is 441 g/mol. The summed E-state index contributed by atoms with van der Waals surface area (Å²) in [5.41, 5.74) is 6.21. The summed E-state index contributed by atoms with van der Waals surface area (Å²) in [6.45, 7) is 9.23. The largest absolute Gasteiger partial charge is 0.0847 e. The summed E-state index contributed by atoms with van der Waals surface area (Å²) in [6.07, 6.45) is 35.5. The molecule has 4 aliphatic rings. The van der Waals surface area contributed by atoms with E-state index in [0.717, 1.165) is 19.3 Å². The molecule has 3 aliphatic carbocycles. The van der Waals surface area contributed by atoms with E-state index in [1.807, 2.05) is 0 Å². The first-order valence-electron chi connectivity index (χ1n) is 12.1. The third kappa shape index (κ3) is 4.44. The molecule has 4 unspecified atom stereocenters. The molecule has 4 rings (SSSR count). The van der Waals surface area contributed by atoms with E-state index in [0.29, 0.717) is 11.8 Å². The van der Waals surface area contributed by atoms with Crippen LogP contribution >= 0.6 is 7.55 Å². The first-order valence-corrected chi connectivity index (χ1v) is 13.7. The molecule has 166 valence electrons. The van der Waals surface area contributed by atoms with E-state index in [4.69, 9.17) is 0 Å². The fourth-order valence-corrected chi connectivity index (χ4v) is 8.26. The standard InChI is InChI=1S/C31H37P/c1-5-24(2)16-10-11-19-27-25(3)29(26-17-8-6-9-18-26)30(32-22-14-7-15-23-32)31(4)21-13-12-20-28(27)31/h5-8,10-17,19-20,22-23,25,27,32H,9,18,21H2,1-4H3/b16-10-,19-11+,24-5-. The maximum Gasteiger partial charge on any atom is 0.0184 e. The minimum absolute atomic E-state index is 0.0941. The molecule has 0 aromatic carbocycles. The highest BCUT2D eigenvalue weighted by Crippen LogP contribution is 2.63. The van der Waals surface area contributed by atoms with Crippen molar-refractivity contribution in [2.75, 3.05) is 0 Å². The Labute approximate surface area is 196 Å². The molecule has 0 fully saturated rings. The van der Waals surface area contributed by atoms with Gasteiger partial charge in [-0.3, -0.25) is 0 Å². The van der Waals surface area contributed by atoms with E-state index in [-0.39, 0.29) is 5.41 Å². The zero-order chi connectivity index (χ0) is 22.6. The molecule has 0 spiro atoms. The van der Waals surface area contributed by atoms with Crippen molar-refractivity contribution in [3.63, 3.8) is 0 Å². The quantitative estimate of drug-likeness (QED) is 0.296. The SMILES string of the molecule is C\C=C(C)/C=C\C=C\C1C2=CC=CCC2(C)C([PH]2=CC=CC=C2)=C(C2=CC=CCC2)C1C. The molecule has 1 heterocycles. The van der Waals surface area contributed by atoms with Crippen LogP contribution in [0.25, 0.3) is 0 Å². The van der Waals surface area contributed by atoms with E-state index < -0.39 is 7.55 Å². The van der Waals surface area contributed by atoms with Crippen LogP contribution in [0.15, 0.2) is 118 Å². The van der Waals surface area contributed by atoms with Crippen LogP contribution in [0, 0.1) is 17.3 Å². The Bertz CT molecular complexity index is 1090. The van der Waals surface area contributed by atoms with Crippen LogP contribution in [0.3, 0.4) is 0 Å². The lowest BCUT2D eigenvalue weighted by molar-refractivity contribution is 0.375. The Hall–Kier alpha value is -2.30. The lowest BCUT2D eigenvalue weighted by Crippen LogP contribution is -2.36. The van der Waals surface area contributed by atoms with E-state index >= 15 is 0 Å². The molecule has 4 atom stereocenters. The molecule has 0 radical (unpaired) electrons. The monoisotopic (exact) mass is 440 g/mol. The highest BCUT2D eigenvalue weighted by molar-refractivity contribution is 7.65. The van der Waals surface area contributed by atoms with Gasteiger partial charge in [0, 0.05) is 11.3 Å². The predicted octanol–water partition coefficient (Wildman–Crippen LogP) is 8.85. The van der Waals surface area contributed by atoms with Gasteiger partial charge in [-0.25, -0.2) is 0 Å². The molecule has 0 saturated heterocycles. The van der Waals surface area contributed by atoms with Crippen molar-refractivity contribution in [3.05, 3.63) is 118 Å². The molecule has 0 N–H and O–H groups in total. The van der Waals surface area contributed by atoms with Gasteiger partial charge in [0.25, 0.3) is 0 Å². The van der Waals surface area contributed by atoms with Crippen LogP contribution in [0.2, 0.25) is 0 Å². The average Bonchev–Trinajstić information content (AvgIpc) is 2.83. The molecular weight excluding hydrogens is 403 g/mol. The Morgan fingerprint density at radius 3 is 2.62 bits per heavy atom. The van der Waals surface area contributed by atoms with Crippen molar-refractivity contribution in [1.82, 2.24) is 0 Å². The third-order valence-corrected chi connectivity index (χ3v) is 9.92. The second kappa shape index (κ2) is 10.1. The van der Waals surface area contributed by atoms with Crippen molar-refractivity contribution >= 4 is 13.3 Å². The Morgan fingerprint density at radius 1 is 1.06 bits per heavy atom. The summed E-state index contributed by atoms with van der Waals surface area (Å²) in [5.74, 6) is 5.89. The van der Waals surface area contributed by atoms with E-state index in [9.17, 15) is 0 Å². The Kier molecular flexibility index (Phi) is 7.22. The summed E-state index contributed by atoms with van der Waals surface area (Å²) in [6, 6.07) is 0. The summed E-state index contributed by atoms with van der Waals surface area (Å²) in [5, 5.41) is 1.72. The molecule has 32 heavy (non-hydrogen) atoms. The number of fused-ring (bicyclic) bond motifs is 1. The van der Waals surface area contributed by atoms with E-state index in [1.54, 1.807) is 22.0 Å². The highest BCUT2D eigenvalue weighted by Gasteiger charge is 2.46. The van der Waals surface area contributed by atoms with Crippen LogP contribution in [-0.2, 0) is 0 Å². The molecule has 1 heteroatoms. The number of rotatable bonds is 5. The molecule has 1 aliphatic heterocycles. The second-order valence-corrected chi connectivity index (χ2v) is 11.6. The zero-order valence-electron chi connectivity index (χ0n) is 20.0. The first-order chi connectivity index (χ1) is 15.6. The van der Waals surface area contributed by atoms with Gasteiger partial charge in [0.2, 0.25) is 0 Å². The fraction of sp³-hybridized carbons (Fsp3) is 0.323. The summed E-state index contributed by atoms with van der Waals surface area (Å²) in [7, 11) is -0.865. The van der Waals surface area contributed by atoms with Gasteiger partial charge in [0.05, 0.1) is 0 Å². The van der Waals surface area contributed by atoms with Crippen LogP contribution in [0.5, 0.6) is 0 Å². The predicted molar refractivity (Wildman–Crippen MR) is 146 cm³/mol. The minimum atomic E-state index is -0.865.